The van der Waals surface area contributed by atoms with Crippen LogP contribution < -0.4 is 10.6 Å². The van der Waals surface area contributed by atoms with E-state index in [9.17, 15) is 0 Å². The maximum absolute atomic E-state index is 4.57. The summed E-state index contributed by atoms with van der Waals surface area (Å²) in [6, 6.07) is 1.98. The van der Waals surface area contributed by atoms with Gasteiger partial charge in [0.1, 0.15) is 0 Å². The minimum absolute atomic E-state index is 0. The Morgan fingerprint density at radius 1 is 1.32 bits per heavy atom. The Labute approximate surface area is 148 Å². The Balaban J connectivity index is 0.00000242. The van der Waals surface area contributed by atoms with E-state index in [1.165, 1.54) is 0 Å². The van der Waals surface area contributed by atoms with Gasteiger partial charge in [-0.05, 0) is 19.4 Å². The molecule has 2 rings (SSSR count). The van der Waals surface area contributed by atoms with E-state index in [2.05, 4.69) is 37.2 Å². The van der Waals surface area contributed by atoms with E-state index in [-0.39, 0.29) is 24.0 Å². The van der Waals surface area contributed by atoms with E-state index in [4.69, 9.17) is 0 Å². The van der Waals surface area contributed by atoms with Crippen molar-refractivity contribution in [2.24, 2.45) is 12.0 Å². The van der Waals surface area contributed by atoms with Crippen molar-refractivity contribution in [3.63, 3.8) is 0 Å². The Bertz CT molecular complexity index is 547. The van der Waals surface area contributed by atoms with Crippen molar-refractivity contribution in [2.75, 3.05) is 13.1 Å². The molecule has 2 heterocycles. The largest absolute Gasteiger partial charge is 0.357 e. The zero-order chi connectivity index (χ0) is 14.9. The molecule has 0 aliphatic heterocycles. The Morgan fingerprint density at radius 3 is 2.82 bits per heavy atom. The van der Waals surface area contributed by atoms with Gasteiger partial charge in [-0.3, -0.25) is 4.68 Å². The molecule has 0 aromatic carbocycles. The van der Waals surface area contributed by atoms with Gasteiger partial charge in [-0.25, -0.2) is 9.98 Å². The first-order valence-corrected chi connectivity index (χ1v) is 7.24. The number of aliphatic imine (C=N–C) groups is 1. The van der Waals surface area contributed by atoms with E-state index in [1.54, 1.807) is 12.4 Å². The molecule has 2 aromatic heterocycles. The fraction of sp³-hybridized carbons (Fsp3) is 0.500. The van der Waals surface area contributed by atoms with E-state index >= 15 is 0 Å². The van der Waals surface area contributed by atoms with Crippen LogP contribution in [0.15, 0.2) is 36.0 Å². The average molecular weight is 417 g/mol. The zero-order valence-corrected chi connectivity index (χ0v) is 15.4. The molecule has 0 amide bonds. The van der Waals surface area contributed by atoms with Gasteiger partial charge < -0.3 is 15.2 Å². The number of hydrogen-bond acceptors (Lipinski definition) is 3. The SMILES string of the molecule is CCNC(=NCc1ccnn1C)NCCCn1ccnc1.I. The highest BCUT2D eigenvalue weighted by atomic mass is 127. The summed E-state index contributed by atoms with van der Waals surface area (Å²) in [5.41, 5.74) is 1.09. The number of aromatic nitrogens is 4. The van der Waals surface area contributed by atoms with Crippen LogP contribution in [0.4, 0.5) is 0 Å². The highest BCUT2D eigenvalue weighted by molar-refractivity contribution is 14.0. The van der Waals surface area contributed by atoms with Crippen LogP contribution in [0.5, 0.6) is 0 Å². The van der Waals surface area contributed by atoms with Crippen LogP contribution in [0.1, 0.15) is 19.0 Å². The molecule has 0 spiro atoms. The lowest BCUT2D eigenvalue weighted by Gasteiger charge is -2.11. The molecule has 0 aliphatic carbocycles. The first kappa shape index (κ1) is 18.5. The van der Waals surface area contributed by atoms with E-state index in [0.717, 1.165) is 37.7 Å². The molecule has 8 heteroatoms. The number of nitrogens with zero attached hydrogens (tertiary/aromatic N) is 5. The summed E-state index contributed by atoms with van der Waals surface area (Å²) in [5, 5.41) is 10.7. The molecule has 0 atom stereocenters. The standard InChI is InChI=1S/C14H23N7.HI/c1-3-16-14(18-11-13-5-7-19-20(13)2)17-6-4-9-21-10-8-15-12-21;/h5,7-8,10,12H,3-4,6,9,11H2,1-2H3,(H2,16,17,18);1H. The predicted octanol–water partition coefficient (Wildman–Crippen LogP) is 1.38. The van der Waals surface area contributed by atoms with Crippen molar-refractivity contribution in [1.82, 2.24) is 30.0 Å². The van der Waals surface area contributed by atoms with Crippen molar-refractivity contribution in [2.45, 2.75) is 26.4 Å². The summed E-state index contributed by atoms with van der Waals surface area (Å²) in [6.07, 6.45) is 8.42. The minimum atomic E-state index is 0. The normalized spacial score (nSPS) is 11.1. The van der Waals surface area contributed by atoms with E-state index in [0.29, 0.717) is 6.54 Å². The van der Waals surface area contributed by atoms with Gasteiger partial charge in [-0.1, -0.05) is 0 Å². The van der Waals surface area contributed by atoms with Gasteiger partial charge in [0, 0.05) is 45.3 Å². The molecule has 22 heavy (non-hydrogen) atoms. The summed E-state index contributed by atoms with van der Waals surface area (Å²) in [4.78, 5) is 8.60. The molecule has 0 bridgehead atoms. The molecule has 0 aliphatic rings. The zero-order valence-electron chi connectivity index (χ0n) is 13.1. The lowest BCUT2D eigenvalue weighted by molar-refractivity contribution is 0.624. The molecular formula is C14H24IN7. The summed E-state index contributed by atoms with van der Waals surface area (Å²) < 4.78 is 3.91. The van der Waals surface area contributed by atoms with Gasteiger partial charge >= 0.3 is 0 Å². The van der Waals surface area contributed by atoms with Gasteiger partial charge in [-0.15, -0.1) is 24.0 Å². The van der Waals surface area contributed by atoms with Gasteiger partial charge in [0.15, 0.2) is 5.96 Å². The van der Waals surface area contributed by atoms with Gasteiger partial charge in [0.05, 0.1) is 18.6 Å². The highest BCUT2D eigenvalue weighted by Crippen LogP contribution is 1.98. The number of hydrogen-bond donors (Lipinski definition) is 2. The third-order valence-corrected chi connectivity index (χ3v) is 3.11. The second-order valence-electron chi connectivity index (χ2n) is 4.72. The number of imidazole rings is 1. The molecule has 0 saturated heterocycles. The highest BCUT2D eigenvalue weighted by Gasteiger charge is 2.00. The van der Waals surface area contributed by atoms with Crippen LogP contribution in [0, 0.1) is 0 Å². The van der Waals surface area contributed by atoms with Crippen LogP contribution in [0.25, 0.3) is 0 Å². The van der Waals surface area contributed by atoms with Crippen molar-refractivity contribution >= 4 is 29.9 Å². The number of halogens is 1. The maximum atomic E-state index is 4.57. The Kier molecular flexibility index (Phi) is 8.56. The van der Waals surface area contributed by atoms with Crippen molar-refractivity contribution in [3.05, 3.63) is 36.7 Å². The Morgan fingerprint density at radius 2 is 2.18 bits per heavy atom. The molecule has 122 valence electrons. The number of guanidine groups is 1. The van der Waals surface area contributed by atoms with Gasteiger partial charge in [0.25, 0.3) is 0 Å². The van der Waals surface area contributed by atoms with Crippen LogP contribution in [-0.4, -0.2) is 38.4 Å². The molecular weight excluding hydrogens is 393 g/mol. The maximum Gasteiger partial charge on any atom is 0.191 e. The molecule has 0 fully saturated rings. The smallest absolute Gasteiger partial charge is 0.191 e. The second-order valence-corrected chi connectivity index (χ2v) is 4.72. The molecule has 0 radical (unpaired) electrons. The predicted molar refractivity (Wildman–Crippen MR) is 98.3 cm³/mol. The third-order valence-electron chi connectivity index (χ3n) is 3.11. The lowest BCUT2D eigenvalue weighted by Crippen LogP contribution is -2.38. The molecule has 7 nitrogen and oxygen atoms in total. The van der Waals surface area contributed by atoms with Crippen molar-refractivity contribution in [3.8, 4) is 0 Å². The van der Waals surface area contributed by atoms with Gasteiger partial charge in [0.2, 0.25) is 0 Å². The second kappa shape index (κ2) is 10.2. The number of aryl methyl sites for hydroxylation is 2. The third kappa shape index (κ3) is 6.04. The van der Waals surface area contributed by atoms with E-state index < -0.39 is 0 Å². The fourth-order valence-corrected chi connectivity index (χ4v) is 1.95. The topological polar surface area (TPSA) is 72.1 Å². The van der Waals surface area contributed by atoms with Gasteiger partial charge in [-0.2, -0.15) is 5.10 Å². The molecule has 0 unspecified atom stereocenters. The lowest BCUT2D eigenvalue weighted by atomic mass is 10.4. The Hall–Kier alpha value is -1.58. The van der Waals surface area contributed by atoms with Crippen LogP contribution in [0.2, 0.25) is 0 Å². The van der Waals surface area contributed by atoms with Crippen LogP contribution >= 0.6 is 24.0 Å². The quantitative estimate of drug-likeness (QED) is 0.309. The van der Waals surface area contributed by atoms with Crippen LogP contribution in [-0.2, 0) is 20.1 Å². The first-order chi connectivity index (χ1) is 10.3. The molecule has 0 saturated carbocycles. The summed E-state index contributed by atoms with van der Waals surface area (Å²) in [5.74, 6) is 0.837. The molecule has 2 N–H and O–H groups in total. The minimum Gasteiger partial charge on any atom is -0.357 e. The average Bonchev–Trinajstić information content (AvgIpc) is 3.12. The number of rotatable bonds is 7. The fourth-order valence-electron chi connectivity index (χ4n) is 1.95. The van der Waals surface area contributed by atoms with Crippen molar-refractivity contribution in [1.29, 1.82) is 0 Å². The van der Waals surface area contributed by atoms with Crippen LogP contribution in [0.3, 0.4) is 0 Å². The number of nitrogens with one attached hydrogen (secondary N) is 2. The molecule has 2 aromatic rings. The summed E-state index contributed by atoms with van der Waals surface area (Å²) in [7, 11) is 1.93. The summed E-state index contributed by atoms with van der Waals surface area (Å²) in [6.45, 7) is 5.35. The summed E-state index contributed by atoms with van der Waals surface area (Å²) >= 11 is 0. The van der Waals surface area contributed by atoms with E-state index in [1.807, 2.05) is 30.3 Å². The first-order valence-electron chi connectivity index (χ1n) is 7.24. The van der Waals surface area contributed by atoms with Crippen molar-refractivity contribution < 1.29 is 0 Å². The monoisotopic (exact) mass is 417 g/mol.